The van der Waals surface area contributed by atoms with Crippen molar-refractivity contribution in [3.05, 3.63) is 36.0 Å². The highest BCUT2D eigenvalue weighted by Gasteiger charge is 2.12. The first kappa shape index (κ1) is 18.2. The van der Waals surface area contributed by atoms with Crippen molar-refractivity contribution in [2.24, 2.45) is 11.7 Å². The van der Waals surface area contributed by atoms with Crippen LogP contribution in [0.5, 0.6) is 0 Å². The number of hydrogen-bond donors (Lipinski definition) is 4. The van der Waals surface area contributed by atoms with Crippen molar-refractivity contribution in [2.45, 2.75) is 20.8 Å². The third-order valence-electron chi connectivity index (χ3n) is 3.17. The van der Waals surface area contributed by atoms with E-state index in [-0.39, 0.29) is 11.5 Å². The molecule has 0 aliphatic rings. The minimum atomic E-state index is -0.592. The predicted octanol–water partition coefficient (Wildman–Crippen LogP) is 2.35. The average molecular weight is 342 g/mol. The standard InChI is InChI=1S/C17H22N6O2/c1-10(2)8-19-16-14(15(18)25)9-20-17(23-16)22-13-6-4-5-12(7-13)21-11(3)24/h4-7,9-10H,8H2,1-3H3,(H2,18,25)(H,21,24)(H2,19,20,22,23). The Morgan fingerprint density at radius 2 is 1.96 bits per heavy atom. The highest BCUT2D eigenvalue weighted by molar-refractivity contribution is 5.97. The number of nitrogens with one attached hydrogen (secondary N) is 3. The van der Waals surface area contributed by atoms with Crippen molar-refractivity contribution in [1.29, 1.82) is 0 Å². The second-order valence-electron chi connectivity index (χ2n) is 5.98. The molecule has 25 heavy (non-hydrogen) atoms. The lowest BCUT2D eigenvalue weighted by molar-refractivity contribution is -0.114. The fourth-order valence-corrected chi connectivity index (χ4v) is 2.06. The van der Waals surface area contributed by atoms with E-state index in [9.17, 15) is 9.59 Å². The fourth-order valence-electron chi connectivity index (χ4n) is 2.06. The Bertz CT molecular complexity index is 775. The van der Waals surface area contributed by atoms with E-state index in [2.05, 4.69) is 25.9 Å². The number of carbonyl (C=O) groups excluding carboxylic acids is 2. The molecule has 0 saturated carbocycles. The number of anilines is 4. The number of amides is 2. The van der Waals surface area contributed by atoms with Gasteiger partial charge in [0.1, 0.15) is 5.82 Å². The maximum atomic E-state index is 11.5. The van der Waals surface area contributed by atoms with Gasteiger partial charge in [-0.3, -0.25) is 9.59 Å². The molecule has 1 heterocycles. The summed E-state index contributed by atoms with van der Waals surface area (Å²) in [5.74, 6) is 0.333. The van der Waals surface area contributed by atoms with Crippen LogP contribution in [0.2, 0.25) is 0 Å². The maximum Gasteiger partial charge on any atom is 0.254 e. The topological polar surface area (TPSA) is 122 Å². The first-order valence-electron chi connectivity index (χ1n) is 7.90. The van der Waals surface area contributed by atoms with E-state index in [0.717, 1.165) is 0 Å². The lowest BCUT2D eigenvalue weighted by atomic mass is 10.2. The van der Waals surface area contributed by atoms with Gasteiger partial charge in [-0.15, -0.1) is 0 Å². The van der Waals surface area contributed by atoms with Gasteiger partial charge in [-0.2, -0.15) is 4.98 Å². The van der Waals surface area contributed by atoms with E-state index >= 15 is 0 Å². The summed E-state index contributed by atoms with van der Waals surface area (Å²) < 4.78 is 0. The number of rotatable bonds is 7. The van der Waals surface area contributed by atoms with Crippen LogP contribution in [0, 0.1) is 5.92 Å². The maximum absolute atomic E-state index is 11.5. The molecule has 0 spiro atoms. The average Bonchev–Trinajstić information content (AvgIpc) is 2.52. The van der Waals surface area contributed by atoms with Crippen LogP contribution in [0.1, 0.15) is 31.1 Å². The van der Waals surface area contributed by atoms with Crippen LogP contribution in [0.15, 0.2) is 30.5 Å². The summed E-state index contributed by atoms with van der Waals surface area (Å²) in [5, 5.41) is 8.86. The zero-order valence-corrected chi connectivity index (χ0v) is 14.5. The number of carbonyl (C=O) groups is 2. The molecule has 0 fully saturated rings. The molecular formula is C17H22N6O2. The van der Waals surface area contributed by atoms with E-state index in [1.807, 2.05) is 19.9 Å². The Morgan fingerprint density at radius 3 is 2.60 bits per heavy atom. The summed E-state index contributed by atoms with van der Waals surface area (Å²) in [7, 11) is 0. The van der Waals surface area contributed by atoms with E-state index in [1.54, 1.807) is 18.2 Å². The van der Waals surface area contributed by atoms with Crippen molar-refractivity contribution in [1.82, 2.24) is 9.97 Å². The summed E-state index contributed by atoms with van der Waals surface area (Å²) in [4.78, 5) is 31.1. The molecule has 1 aromatic carbocycles. The number of aromatic nitrogens is 2. The van der Waals surface area contributed by atoms with Gasteiger partial charge in [0.05, 0.1) is 5.56 Å². The molecule has 132 valence electrons. The highest BCUT2D eigenvalue weighted by Crippen LogP contribution is 2.20. The minimum Gasteiger partial charge on any atom is -0.369 e. The van der Waals surface area contributed by atoms with Crippen LogP contribution in [0.25, 0.3) is 0 Å². The van der Waals surface area contributed by atoms with Crippen LogP contribution >= 0.6 is 0 Å². The number of primary amides is 1. The van der Waals surface area contributed by atoms with E-state index in [1.165, 1.54) is 13.1 Å². The first-order valence-corrected chi connectivity index (χ1v) is 7.90. The lowest BCUT2D eigenvalue weighted by Gasteiger charge is -2.13. The van der Waals surface area contributed by atoms with Gasteiger partial charge in [0.15, 0.2) is 0 Å². The molecule has 1 aromatic heterocycles. The summed E-state index contributed by atoms with van der Waals surface area (Å²) in [5.41, 5.74) is 6.96. The smallest absolute Gasteiger partial charge is 0.254 e. The molecule has 8 nitrogen and oxygen atoms in total. The van der Waals surface area contributed by atoms with Gasteiger partial charge in [-0.1, -0.05) is 19.9 Å². The van der Waals surface area contributed by atoms with Crippen LogP contribution in [-0.2, 0) is 4.79 Å². The second-order valence-corrected chi connectivity index (χ2v) is 5.98. The highest BCUT2D eigenvalue weighted by atomic mass is 16.1. The predicted molar refractivity (Wildman–Crippen MR) is 97.9 cm³/mol. The van der Waals surface area contributed by atoms with Crippen molar-refractivity contribution >= 4 is 35.0 Å². The van der Waals surface area contributed by atoms with Crippen LogP contribution in [-0.4, -0.2) is 28.3 Å². The van der Waals surface area contributed by atoms with Gasteiger partial charge in [-0.25, -0.2) is 4.98 Å². The third kappa shape index (κ3) is 5.45. The van der Waals surface area contributed by atoms with Crippen molar-refractivity contribution < 1.29 is 9.59 Å². The number of benzene rings is 1. The molecular weight excluding hydrogens is 320 g/mol. The number of nitrogens with zero attached hydrogens (tertiary/aromatic N) is 2. The molecule has 0 radical (unpaired) electrons. The monoisotopic (exact) mass is 342 g/mol. The number of nitrogens with two attached hydrogens (primary N) is 1. The van der Waals surface area contributed by atoms with Crippen LogP contribution < -0.4 is 21.7 Å². The zero-order valence-electron chi connectivity index (χ0n) is 14.5. The van der Waals surface area contributed by atoms with Crippen LogP contribution in [0.3, 0.4) is 0 Å². The molecule has 0 atom stereocenters. The summed E-state index contributed by atoms with van der Waals surface area (Å²) in [6.07, 6.45) is 1.39. The van der Waals surface area contributed by atoms with Crippen molar-refractivity contribution in [3.8, 4) is 0 Å². The van der Waals surface area contributed by atoms with Crippen molar-refractivity contribution in [2.75, 3.05) is 22.5 Å². The molecule has 0 unspecified atom stereocenters. The molecule has 2 amide bonds. The van der Waals surface area contributed by atoms with Crippen molar-refractivity contribution in [3.63, 3.8) is 0 Å². The Kier molecular flexibility index (Phi) is 5.89. The zero-order chi connectivity index (χ0) is 18.4. The molecule has 0 bridgehead atoms. The summed E-state index contributed by atoms with van der Waals surface area (Å²) in [6.45, 7) is 6.18. The molecule has 2 aromatic rings. The molecule has 5 N–H and O–H groups in total. The lowest BCUT2D eigenvalue weighted by Crippen LogP contribution is -2.18. The van der Waals surface area contributed by atoms with Gasteiger partial charge in [0, 0.05) is 31.0 Å². The van der Waals surface area contributed by atoms with Gasteiger partial charge in [0.25, 0.3) is 5.91 Å². The molecule has 2 rings (SSSR count). The fraction of sp³-hybridized carbons (Fsp3) is 0.294. The molecule has 0 aliphatic carbocycles. The minimum absolute atomic E-state index is 0.153. The largest absolute Gasteiger partial charge is 0.369 e. The van der Waals surface area contributed by atoms with E-state index in [4.69, 9.17) is 5.73 Å². The quantitative estimate of drug-likeness (QED) is 0.612. The summed E-state index contributed by atoms with van der Waals surface area (Å²) >= 11 is 0. The molecule has 0 saturated heterocycles. The van der Waals surface area contributed by atoms with E-state index < -0.39 is 5.91 Å². The summed E-state index contributed by atoms with van der Waals surface area (Å²) in [6, 6.07) is 7.15. The second kappa shape index (κ2) is 8.09. The van der Waals surface area contributed by atoms with Gasteiger partial charge in [-0.05, 0) is 24.1 Å². The Morgan fingerprint density at radius 1 is 1.24 bits per heavy atom. The van der Waals surface area contributed by atoms with Gasteiger partial charge >= 0.3 is 0 Å². The Hall–Kier alpha value is -3.16. The SMILES string of the molecule is CC(=O)Nc1cccc(Nc2ncc(C(N)=O)c(NCC(C)C)n2)c1. The first-order chi connectivity index (χ1) is 11.8. The van der Waals surface area contributed by atoms with Gasteiger partial charge < -0.3 is 21.7 Å². The molecule has 8 heteroatoms. The van der Waals surface area contributed by atoms with Gasteiger partial charge in [0.2, 0.25) is 11.9 Å². The number of hydrogen-bond acceptors (Lipinski definition) is 6. The normalized spacial score (nSPS) is 10.4. The third-order valence-corrected chi connectivity index (χ3v) is 3.17. The van der Waals surface area contributed by atoms with Crippen LogP contribution in [0.4, 0.5) is 23.1 Å². The molecule has 0 aliphatic heterocycles. The Labute approximate surface area is 146 Å². The van der Waals surface area contributed by atoms with E-state index in [0.29, 0.717) is 35.6 Å². The Balaban J connectivity index is 2.23.